The number of unbranched alkanes of at least 4 members (excludes halogenated alkanes) is 22. The van der Waals surface area contributed by atoms with Gasteiger partial charge in [0, 0.05) is 12.2 Å². The quantitative estimate of drug-likeness (QED) is 0.0784. The molecule has 0 unspecified atom stereocenters. The van der Waals surface area contributed by atoms with Crippen LogP contribution in [0.1, 0.15) is 162 Å². The van der Waals surface area contributed by atoms with Gasteiger partial charge in [0.05, 0.1) is 6.61 Å². The molecule has 196 valence electrons. The minimum Gasteiger partial charge on any atom is -0.462 e. The van der Waals surface area contributed by atoms with Crippen molar-refractivity contribution in [2.24, 2.45) is 0 Å². The van der Waals surface area contributed by atoms with Crippen LogP contribution >= 0.6 is 0 Å². The van der Waals surface area contributed by atoms with E-state index < -0.39 is 0 Å². The second-order valence-corrected chi connectivity index (χ2v) is 9.96. The van der Waals surface area contributed by atoms with Crippen LogP contribution in [0.15, 0.2) is 11.6 Å². The smallest absolute Gasteiger partial charge is 0.333 e. The molecular formula is C30H58O3. The number of allylic oxidation sites excluding steroid dienone is 1. The molecule has 0 radical (unpaired) electrons. The third-order valence-electron chi connectivity index (χ3n) is 6.79. The largest absolute Gasteiger partial charge is 0.462 e. The number of aliphatic hydroxyl groups excluding tert-OH is 1. The van der Waals surface area contributed by atoms with Gasteiger partial charge in [0.2, 0.25) is 0 Å². The SMILES string of the molecule is CC=C(C)C(=O)OCCCCCCCCCCCCCCCCCCCCCCCCCO. The first-order valence-corrected chi connectivity index (χ1v) is 14.6. The summed E-state index contributed by atoms with van der Waals surface area (Å²) in [4.78, 5) is 11.5. The molecule has 0 amide bonds. The molecule has 0 aliphatic heterocycles. The van der Waals surface area contributed by atoms with Crippen LogP contribution in [0.3, 0.4) is 0 Å². The molecule has 0 heterocycles. The highest BCUT2D eigenvalue weighted by Crippen LogP contribution is 2.15. The van der Waals surface area contributed by atoms with E-state index in [9.17, 15) is 4.79 Å². The van der Waals surface area contributed by atoms with Crippen molar-refractivity contribution in [2.75, 3.05) is 13.2 Å². The summed E-state index contributed by atoms with van der Waals surface area (Å²) in [6.07, 6.45) is 32.7. The molecule has 0 aliphatic rings. The lowest BCUT2D eigenvalue weighted by atomic mass is 10.0. The highest BCUT2D eigenvalue weighted by Gasteiger charge is 2.03. The summed E-state index contributed by atoms with van der Waals surface area (Å²) < 4.78 is 5.23. The van der Waals surface area contributed by atoms with E-state index in [0.717, 1.165) is 12.8 Å². The van der Waals surface area contributed by atoms with Crippen LogP contribution in [0.25, 0.3) is 0 Å². The van der Waals surface area contributed by atoms with E-state index in [1.54, 1.807) is 13.0 Å². The molecule has 0 bridgehead atoms. The predicted octanol–water partition coefficient (Wildman–Crippen LogP) is 9.46. The minimum absolute atomic E-state index is 0.166. The van der Waals surface area contributed by atoms with Crippen LogP contribution in [-0.4, -0.2) is 24.3 Å². The lowest BCUT2D eigenvalue weighted by Crippen LogP contribution is -2.06. The van der Waals surface area contributed by atoms with Crippen LogP contribution in [0, 0.1) is 0 Å². The first-order valence-electron chi connectivity index (χ1n) is 14.6. The molecule has 0 saturated heterocycles. The van der Waals surface area contributed by atoms with Crippen LogP contribution in [0.4, 0.5) is 0 Å². The van der Waals surface area contributed by atoms with E-state index in [1.807, 2.05) is 6.92 Å². The maximum absolute atomic E-state index is 11.5. The average molecular weight is 467 g/mol. The fourth-order valence-electron chi connectivity index (χ4n) is 4.32. The Balaban J connectivity index is 3.08. The summed E-state index contributed by atoms with van der Waals surface area (Å²) in [7, 11) is 0. The molecule has 0 aliphatic carbocycles. The van der Waals surface area contributed by atoms with E-state index in [1.165, 1.54) is 135 Å². The summed E-state index contributed by atoms with van der Waals surface area (Å²) in [5.74, 6) is -0.166. The van der Waals surface area contributed by atoms with Crippen molar-refractivity contribution in [2.45, 2.75) is 162 Å². The van der Waals surface area contributed by atoms with Crippen molar-refractivity contribution < 1.29 is 14.6 Å². The molecule has 3 heteroatoms. The maximum atomic E-state index is 11.5. The molecular weight excluding hydrogens is 408 g/mol. The molecule has 0 aromatic carbocycles. The van der Waals surface area contributed by atoms with E-state index in [4.69, 9.17) is 9.84 Å². The maximum Gasteiger partial charge on any atom is 0.333 e. The summed E-state index contributed by atoms with van der Waals surface area (Å²) in [6.45, 7) is 4.60. The summed E-state index contributed by atoms with van der Waals surface area (Å²) in [5, 5.41) is 8.76. The van der Waals surface area contributed by atoms with Crippen LogP contribution in [0.2, 0.25) is 0 Å². The van der Waals surface area contributed by atoms with Gasteiger partial charge < -0.3 is 9.84 Å². The van der Waals surface area contributed by atoms with Crippen LogP contribution < -0.4 is 0 Å². The van der Waals surface area contributed by atoms with Crippen molar-refractivity contribution in [1.29, 1.82) is 0 Å². The number of carbonyl (C=O) groups excluding carboxylic acids is 1. The Morgan fingerprint density at radius 1 is 0.545 bits per heavy atom. The van der Waals surface area contributed by atoms with Crippen molar-refractivity contribution in [1.82, 2.24) is 0 Å². The first-order chi connectivity index (χ1) is 16.2. The standard InChI is InChI=1S/C30H58O3/c1-3-29(2)30(32)33-28-26-24-22-20-18-16-14-12-10-8-6-4-5-7-9-11-13-15-17-19-21-23-25-27-31/h3,31H,4-28H2,1-2H3. The van der Waals surface area contributed by atoms with Crippen LogP contribution in [0.5, 0.6) is 0 Å². The molecule has 1 N–H and O–H groups in total. The van der Waals surface area contributed by atoms with Gasteiger partial charge in [-0.25, -0.2) is 4.79 Å². The van der Waals surface area contributed by atoms with Gasteiger partial charge in [-0.15, -0.1) is 0 Å². The van der Waals surface area contributed by atoms with Gasteiger partial charge >= 0.3 is 5.97 Å². The molecule has 0 saturated carbocycles. The Kier molecular flexibility index (Phi) is 26.7. The molecule has 0 spiro atoms. The number of carbonyl (C=O) groups is 1. The number of ether oxygens (including phenoxy) is 1. The second-order valence-electron chi connectivity index (χ2n) is 9.96. The highest BCUT2D eigenvalue weighted by atomic mass is 16.5. The molecule has 0 atom stereocenters. The van der Waals surface area contributed by atoms with Gasteiger partial charge in [0.1, 0.15) is 0 Å². The Bertz CT molecular complexity index is 430. The Hall–Kier alpha value is -0.830. The van der Waals surface area contributed by atoms with Gasteiger partial charge in [0.25, 0.3) is 0 Å². The fraction of sp³-hybridized carbons (Fsp3) is 0.900. The van der Waals surface area contributed by atoms with E-state index in [2.05, 4.69) is 0 Å². The van der Waals surface area contributed by atoms with Gasteiger partial charge in [-0.1, -0.05) is 141 Å². The number of aliphatic hydroxyl groups is 1. The number of rotatable bonds is 26. The Morgan fingerprint density at radius 2 is 0.818 bits per heavy atom. The van der Waals surface area contributed by atoms with Crippen LogP contribution in [-0.2, 0) is 9.53 Å². The topological polar surface area (TPSA) is 46.5 Å². The average Bonchev–Trinajstić information content (AvgIpc) is 2.83. The van der Waals surface area contributed by atoms with Gasteiger partial charge in [-0.3, -0.25) is 0 Å². The monoisotopic (exact) mass is 466 g/mol. The lowest BCUT2D eigenvalue weighted by molar-refractivity contribution is -0.139. The van der Waals surface area contributed by atoms with Gasteiger partial charge in [-0.2, -0.15) is 0 Å². The second kappa shape index (κ2) is 27.4. The van der Waals surface area contributed by atoms with Crippen molar-refractivity contribution in [3.8, 4) is 0 Å². The molecule has 0 aromatic heterocycles. The number of hydrogen-bond acceptors (Lipinski definition) is 3. The zero-order valence-electron chi connectivity index (χ0n) is 22.5. The van der Waals surface area contributed by atoms with Gasteiger partial charge in [0.15, 0.2) is 0 Å². The van der Waals surface area contributed by atoms with Gasteiger partial charge in [-0.05, 0) is 26.7 Å². The van der Waals surface area contributed by atoms with Crippen molar-refractivity contribution in [3.05, 3.63) is 11.6 Å². The number of hydrogen-bond donors (Lipinski definition) is 1. The normalized spacial score (nSPS) is 11.8. The van der Waals surface area contributed by atoms with Crippen molar-refractivity contribution in [3.63, 3.8) is 0 Å². The summed E-state index contributed by atoms with van der Waals surface area (Å²) in [5.41, 5.74) is 0.703. The zero-order valence-corrected chi connectivity index (χ0v) is 22.5. The molecule has 0 rings (SSSR count). The van der Waals surface area contributed by atoms with Crippen molar-refractivity contribution >= 4 is 5.97 Å². The molecule has 0 fully saturated rings. The first kappa shape index (κ1) is 32.2. The van der Waals surface area contributed by atoms with E-state index in [-0.39, 0.29) is 5.97 Å². The van der Waals surface area contributed by atoms with E-state index >= 15 is 0 Å². The third kappa shape index (κ3) is 25.6. The highest BCUT2D eigenvalue weighted by molar-refractivity contribution is 5.87. The Morgan fingerprint density at radius 3 is 1.09 bits per heavy atom. The molecule has 0 aromatic rings. The number of esters is 1. The molecule has 33 heavy (non-hydrogen) atoms. The zero-order chi connectivity index (χ0) is 24.2. The third-order valence-corrected chi connectivity index (χ3v) is 6.79. The van der Waals surface area contributed by atoms with E-state index in [0.29, 0.717) is 18.8 Å². The molecule has 3 nitrogen and oxygen atoms in total. The minimum atomic E-state index is -0.166. The summed E-state index contributed by atoms with van der Waals surface area (Å²) >= 11 is 0. The predicted molar refractivity (Wildman–Crippen MR) is 144 cm³/mol. The fourth-order valence-corrected chi connectivity index (χ4v) is 4.32. The summed E-state index contributed by atoms with van der Waals surface area (Å²) in [6, 6.07) is 0. The lowest BCUT2D eigenvalue weighted by Gasteiger charge is -2.05. The Labute approximate surface area is 207 Å².